The van der Waals surface area contributed by atoms with Crippen LogP contribution in [0.2, 0.25) is 0 Å². The second kappa shape index (κ2) is 6.83. The highest BCUT2D eigenvalue weighted by molar-refractivity contribution is 5.78. The Balaban J connectivity index is 1.43. The summed E-state index contributed by atoms with van der Waals surface area (Å²) >= 11 is 0. The van der Waals surface area contributed by atoms with Crippen molar-refractivity contribution in [3.63, 3.8) is 0 Å². The first-order chi connectivity index (χ1) is 13.6. The summed E-state index contributed by atoms with van der Waals surface area (Å²) in [5, 5.41) is 22.4. The predicted molar refractivity (Wildman–Crippen MR) is 103 cm³/mol. The van der Waals surface area contributed by atoms with E-state index in [9.17, 15) is 10.2 Å². The maximum Gasteiger partial charge on any atom is 0.217 e. The quantitative estimate of drug-likeness (QED) is 0.723. The number of aryl methyl sites for hydroxylation is 2. The first-order valence-electron chi connectivity index (χ1n) is 9.91. The van der Waals surface area contributed by atoms with Gasteiger partial charge in [-0.25, -0.2) is 15.0 Å². The van der Waals surface area contributed by atoms with Gasteiger partial charge in [0.15, 0.2) is 0 Å². The molecule has 0 radical (unpaired) electrons. The minimum Gasteiger partial charge on any atom is -0.471 e. The first kappa shape index (κ1) is 17.6. The topological polar surface area (TPSA) is 93.3 Å². The number of nitrogens with zero attached hydrogens (tertiary/aromatic N) is 4. The Labute approximate surface area is 163 Å². The summed E-state index contributed by atoms with van der Waals surface area (Å²) in [6.45, 7) is 1.93. The lowest BCUT2D eigenvalue weighted by Crippen LogP contribution is -2.34. The van der Waals surface area contributed by atoms with Crippen molar-refractivity contribution in [3.05, 3.63) is 47.7 Å². The zero-order valence-corrected chi connectivity index (χ0v) is 15.8. The highest BCUT2D eigenvalue weighted by atomic mass is 16.5. The van der Waals surface area contributed by atoms with Gasteiger partial charge in [-0.05, 0) is 50.3 Å². The lowest BCUT2D eigenvalue weighted by atomic mass is 9.93. The van der Waals surface area contributed by atoms with E-state index in [2.05, 4.69) is 21.0 Å². The summed E-state index contributed by atoms with van der Waals surface area (Å²) in [6.07, 6.45) is 7.57. The van der Waals surface area contributed by atoms with Crippen LogP contribution in [-0.4, -0.2) is 48.0 Å². The molecule has 1 fully saturated rings. The minimum absolute atomic E-state index is 0.314. The van der Waals surface area contributed by atoms with Gasteiger partial charge in [0, 0.05) is 29.8 Å². The molecular weight excluding hydrogens is 356 g/mol. The summed E-state index contributed by atoms with van der Waals surface area (Å²) < 4.78 is 8.08. The van der Waals surface area contributed by atoms with Crippen LogP contribution in [0.5, 0.6) is 5.88 Å². The van der Waals surface area contributed by atoms with Gasteiger partial charge in [-0.2, -0.15) is 0 Å². The number of fused-ring (bicyclic) bond motifs is 2. The van der Waals surface area contributed by atoms with Crippen molar-refractivity contribution in [1.82, 2.24) is 19.5 Å². The van der Waals surface area contributed by atoms with Crippen LogP contribution in [0.15, 0.2) is 30.9 Å². The van der Waals surface area contributed by atoms with Crippen LogP contribution in [0.25, 0.3) is 11.0 Å². The largest absolute Gasteiger partial charge is 0.471 e. The predicted octanol–water partition coefficient (Wildman–Crippen LogP) is 2.13. The average Bonchev–Trinajstić information content (AvgIpc) is 3.26. The van der Waals surface area contributed by atoms with Gasteiger partial charge in [-0.15, -0.1) is 0 Å². The summed E-state index contributed by atoms with van der Waals surface area (Å²) in [6, 6.07) is 3.69. The third-order valence-corrected chi connectivity index (χ3v) is 6.16. The molecule has 7 nitrogen and oxygen atoms in total. The molecule has 3 aromatic rings. The van der Waals surface area contributed by atoms with Gasteiger partial charge in [0.25, 0.3) is 0 Å². The maximum atomic E-state index is 10.7. The molecule has 146 valence electrons. The van der Waals surface area contributed by atoms with Crippen LogP contribution >= 0.6 is 0 Å². The van der Waals surface area contributed by atoms with Crippen LogP contribution in [0, 0.1) is 6.92 Å². The molecule has 1 saturated carbocycles. The lowest BCUT2D eigenvalue weighted by molar-refractivity contribution is -0.0177. The zero-order valence-electron chi connectivity index (χ0n) is 15.8. The minimum atomic E-state index is -0.980. The highest BCUT2D eigenvalue weighted by Crippen LogP contribution is 2.37. The highest BCUT2D eigenvalue weighted by Gasteiger charge is 2.44. The van der Waals surface area contributed by atoms with Crippen molar-refractivity contribution in [2.24, 2.45) is 0 Å². The normalized spacial score (nSPS) is 27.1. The van der Waals surface area contributed by atoms with E-state index < -0.39 is 18.3 Å². The Morgan fingerprint density at radius 2 is 1.93 bits per heavy atom. The monoisotopic (exact) mass is 380 g/mol. The molecule has 0 aromatic carbocycles. The van der Waals surface area contributed by atoms with Gasteiger partial charge in [-0.1, -0.05) is 0 Å². The van der Waals surface area contributed by atoms with E-state index in [1.54, 1.807) is 6.20 Å². The molecule has 2 N–H and O–H groups in total. The lowest BCUT2D eigenvalue weighted by Gasteiger charge is -2.22. The molecule has 28 heavy (non-hydrogen) atoms. The smallest absolute Gasteiger partial charge is 0.217 e. The van der Waals surface area contributed by atoms with Crippen molar-refractivity contribution < 1.29 is 14.9 Å². The van der Waals surface area contributed by atoms with Crippen LogP contribution in [0.1, 0.15) is 42.1 Å². The summed E-state index contributed by atoms with van der Waals surface area (Å²) in [5.74, 6) is 0.602. The molecule has 0 bridgehead atoms. The van der Waals surface area contributed by atoms with Gasteiger partial charge in [0.1, 0.15) is 30.3 Å². The van der Waals surface area contributed by atoms with E-state index in [4.69, 9.17) is 4.74 Å². The molecule has 0 aliphatic heterocycles. The number of hydrogen-bond donors (Lipinski definition) is 2. The molecule has 3 aromatic heterocycles. The Morgan fingerprint density at radius 3 is 2.82 bits per heavy atom. The van der Waals surface area contributed by atoms with Crippen molar-refractivity contribution in [2.75, 3.05) is 0 Å². The number of rotatable bonds is 3. The number of aromatic nitrogens is 4. The molecular formula is C21H24N4O3. The number of pyridine rings is 1. The molecule has 0 amide bonds. The van der Waals surface area contributed by atoms with Gasteiger partial charge in [0.05, 0.1) is 11.7 Å². The van der Waals surface area contributed by atoms with Gasteiger partial charge in [-0.3, -0.25) is 0 Å². The molecule has 0 unspecified atom stereocenters. The molecule has 7 heteroatoms. The Morgan fingerprint density at radius 1 is 1.07 bits per heavy atom. The fourth-order valence-electron chi connectivity index (χ4n) is 4.60. The zero-order chi connectivity index (χ0) is 19.3. The summed E-state index contributed by atoms with van der Waals surface area (Å²) in [7, 11) is 0. The SMILES string of the molecule is Cc1ncnc2c1ccn2[C@@H]1C[C@H](Oc2nccc3c2CCCC3)[C@@H](O)[C@H]1O. The molecule has 5 rings (SSSR count). The molecule has 3 heterocycles. The fourth-order valence-corrected chi connectivity index (χ4v) is 4.60. The van der Waals surface area contributed by atoms with E-state index in [1.165, 1.54) is 18.3 Å². The number of aliphatic hydroxyl groups is 2. The van der Waals surface area contributed by atoms with Crippen molar-refractivity contribution in [2.45, 2.75) is 63.4 Å². The maximum absolute atomic E-state index is 10.7. The summed E-state index contributed by atoms with van der Waals surface area (Å²) in [5.41, 5.74) is 4.09. The van der Waals surface area contributed by atoms with Gasteiger partial charge < -0.3 is 19.5 Å². The molecule has 4 atom stereocenters. The van der Waals surface area contributed by atoms with Crippen molar-refractivity contribution in [1.29, 1.82) is 0 Å². The van der Waals surface area contributed by atoms with E-state index in [-0.39, 0.29) is 6.04 Å². The average molecular weight is 380 g/mol. The van der Waals surface area contributed by atoms with Crippen LogP contribution in [-0.2, 0) is 12.8 Å². The third-order valence-electron chi connectivity index (χ3n) is 6.16. The second-order valence-electron chi connectivity index (χ2n) is 7.82. The second-order valence-corrected chi connectivity index (χ2v) is 7.82. The number of aliphatic hydroxyl groups excluding tert-OH is 2. The van der Waals surface area contributed by atoms with E-state index in [0.29, 0.717) is 12.3 Å². The third kappa shape index (κ3) is 2.77. The van der Waals surface area contributed by atoms with E-state index >= 15 is 0 Å². The molecule has 2 aliphatic carbocycles. The Bertz CT molecular complexity index is 1020. The van der Waals surface area contributed by atoms with Crippen molar-refractivity contribution in [3.8, 4) is 5.88 Å². The summed E-state index contributed by atoms with van der Waals surface area (Å²) in [4.78, 5) is 13.0. The van der Waals surface area contributed by atoms with Crippen LogP contribution in [0.4, 0.5) is 0 Å². The van der Waals surface area contributed by atoms with Gasteiger partial charge in [0.2, 0.25) is 5.88 Å². The Hall–Kier alpha value is -2.51. The van der Waals surface area contributed by atoms with Crippen LogP contribution in [0.3, 0.4) is 0 Å². The molecule has 0 saturated heterocycles. The fraction of sp³-hybridized carbons (Fsp3) is 0.476. The van der Waals surface area contributed by atoms with E-state index in [1.807, 2.05) is 23.8 Å². The standard InChI is InChI=1S/C21H24N4O3/c1-12-14-7-9-25(20(14)24-11-23-12)16-10-17(19(27)18(16)26)28-21-15-5-3-2-4-13(15)6-8-22-21/h6-9,11,16-19,26-27H,2-5,10H2,1H3/t16-,17+,18+,19-/m1/s1. The van der Waals surface area contributed by atoms with Gasteiger partial charge >= 0.3 is 0 Å². The van der Waals surface area contributed by atoms with Crippen LogP contribution < -0.4 is 4.74 Å². The number of ether oxygens (including phenoxy) is 1. The Kier molecular flexibility index (Phi) is 4.29. The first-order valence-corrected chi connectivity index (χ1v) is 9.91. The molecule has 0 spiro atoms. The molecule has 2 aliphatic rings. The van der Waals surface area contributed by atoms with E-state index in [0.717, 1.165) is 41.6 Å². The number of hydrogen-bond acceptors (Lipinski definition) is 6. The van der Waals surface area contributed by atoms with Crippen molar-refractivity contribution >= 4 is 11.0 Å².